The van der Waals surface area contributed by atoms with Gasteiger partial charge in [-0.15, -0.1) is 0 Å². The summed E-state index contributed by atoms with van der Waals surface area (Å²) in [7, 11) is 0. The van der Waals surface area contributed by atoms with E-state index in [4.69, 9.17) is 0 Å². The SMILES string of the molecule is O=C(NNc1ncnc(NCc2cccnc2)c1[N+](=O)[O-])c1ccncc1. The van der Waals surface area contributed by atoms with Gasteiger partial charge in [-0.05, 0) is 23.8 Å². The molecule has 27 heavy (non-hydrogen) atoms. The summed E-state index contributed by atoms with van der Waals surface area (Å²) in [5.41, 5.74) is 5.60. The predicted molar refractivity (Wildman–Crippen MR) is 95.6 cm³/mol. The molecule has 0 radical (unpaired) electrons. The van der Waals surface area contributed by atoms with Crippen LogP contribution in [0.15, 0.2) is 55.4 Å². The molecule has 3 aromatic rings. The molecule has 0 saturated carbocycles. The van der Waals surface area contributed by atoms with Crippen LogP contribution in [0, 0.1) is 10.1 Å². The van der Waals surface area contributed by atoms with Gasteiger partial charge in [0.1, 0.15) is 6.33 Å². The maximum atomic E-state index is 12.1. The topological polar surface area (TPSA) is 148 Å². The first-order valence-electron chi connectivity index (χ1n) is 7.73. The van der Waals surface area contributed by atoms with Crippen molar-refractivity contribution < 1.29 is 9.72 Å². The molecule has 3 N–H and O–H groups in total. The first kappa shape index (κ1) is 17.7. The van der Waals surface area contributed by atoms with Gasteiger partial charge in [-0.3, -0.25) is 35.7 Å². The second-order valence-corrected chi connectivity index (χ2v) is 5.21. The minimum atomic E-state index is -0.632. The van der Waals surface area contributed by atoms with Crippen LogP contribution in [-0.2, 0) is 6.54 Å². The van der Waals surface area contributed by atoms with Gasteiger partial charge in [0.05, 0.1) is 4.92 Å². The summed E-state index contributed by atoms with van der Waals surface area (Å²) in [5, 5.41) is 14.4. The average Bonchev–Trinajstić information content (AvgIpc) is 2.71. The van der Waals surface area contributed by atoms with Crippen molar-refractivity contribution >= 4 is 23.2 Å². The number of pyridine rings is 2. The molecule has 0 saturated heterocycles. The highest BCUT2D eigenvalue weighted by Gasteiger charge is 2.23. The van der Waals surface area contributed by atoms with Crippen LogP contribution in [0.2, 0.25) is 0 Å². The third-order valence-electron chi connectivity index (χ3n) is 3.42. The van der Waals surface area contributed by atoms with Gasteiger partial charge in [0, 0.05) is 36.9 Å². The van der Waals surface area contributed by atoms with E-state index in [9.17, 15) is 14.9 Å². The monoisotopic (exact) mass is 366 g/mol. The first-order chi connectivity index (χ1) is 13.1. The van der Waals surface area contributed by atoms with E-state index in [0.717, 1.165) is 11.9 Å². The molecule has 0 aromatic carbocycles. The lowest BCUT2D eigenvalue weighted by molar-refractivity contribution is -0.383. The average molecular weight is 366 g/mol. The summed E-state index contributed by atoms with van der Waals surface area (Å²) in [6, 6.07) is 6.59. The van der Waals surface area contributed by atoms with Gasteiger partial charge in [0.25, 0.3) is 5.91 Å². The zero-order valence-electron chi connectivity index (χ0n) is 13.9. The summed E-state index contributed by atoms with van der Waals surface area (Å²) >= 11 is 0. The highest BCUT2D eigenvalue weighted by molar-refractivity contribution is 5.94. The predicted octanol–water partition coefficient (Wildman–Crippen LogP) is 1.54. The Balaban J connectivity index is 1.75. The van der Waals surface area contributed by atoms with Crippen molar-refractivity contribution in [2.45, 2.75) is 6.54 Å². The smallest absolute Gasteiger partial charge is 0.354 e. The van der Waals surface area contributed by atoms with Crippen molar-refractivity contribution in [3.05, 3.63) is 76.6 Å². The normalized spacial score (nSPS) is 10.1. The molecule has 3 heterocycles. The lowest BCUT2D eigenvalue weighted by Gasteiger charge is -2.11. The Morgan fingerprint density at radius 3 is 2.56 bits per heavy atom. The number of carbonyl (C=O) groups excluding carboxylic acids is 1. The number of hydrazine groups is 1. The molecule has 0 bridgehead atoms. The van der Waals surface area contributed by atoms with Crippen molar-refractivity contribution in [3.63, 3.8) is 0 Å². The molecular formula is C16H14N8O3. The molecule has 0 atom stereocenters. The summed E-state index contributed by atoms with van der Waals surface area (Å²) in [6.45, 7) is 0.286. The van der Waals surface area contributed by atoms with Crippen LogP contribution < -0.4 is 16.2 Å². The van der Waals surface area contributed by atoms with E-state index in [-0.39, 0.29) is 18.2 Å². The number of nitrogens with one attached hydrogen (secondary N) is 3. The minimum absolute atomic E-state index is 0.0134. The van der Waals surface area contributed by atoms with E-state index in [0.29, 0.717) is 5.56 Å². The van der Waals surface area contributed by atoms with Crippen molar-refractivity contribution in [2.24, 2.45) is 0 Å². The number of anilines is 2. The van der Waals surface area contributed by atoms with E-state index in [1.165, 1.54) is 24.5 Å². The highest BCUT2D eigenvalue weighted by Crippen LogP contribution is 2.28. The Kier molecular flexibility index (Phi) is 5.42. The second kappa shape index (κ2) is 8.29. The van der Waals surface area contributed by atoms with Gasteiger partial charge in [-0.2, -0.15) is 0 Å². The zero-order chi connectivity index (χ0) is 19.1. The standard InChI is InChI=1S/C16H14N8O3/c25-16(12-3-6-17-7-4-12)23-22-15-13(24(26)27)14(20-10-21-15)19-9-11-2-1-5-18-8-11/h1-8,10H,9H2,(H,23,25)(H2,19,20,21,22). The number of carbonyl (C=O) groups is 1. The summed E-state index contributed by atoms with van der Waals surface area (Å²) in [5.74, 6) is -0.624. The summed E-state index contributed by atoms with van der Waals surface area (Å²) < 4.78 is 0. The lowest BCUT2D eigenvalue weighted by Crippen LogP contribution is -2.30. The molecule has 1 amide bonds. The third-order valence-corrected chi connectivity index (χ3v) is 3.42. The number of nitrogens with zero attached hydrogens (tertiary/aromatic N) is 5. The molecule has 0 unspecified atom stereocenters. The third kappa shape index (κ3) is 4.48. The van der Waals surface area contributed by atoms with E-state index < -0.39 is 16.5 Å². The number of hydrogen-bond donors (Lipinski definition) is 3. The van der Waals surface area contributed by atoms with Crippen molar-refractivity contribution in [1.29, 1.82) is 0 Å². The molecule has 0 aliphatic rings. The fourth-order valence-corrected chi connectivity index (χ4v) is 2.15. The first-order valence-corrected chi connectivity index (χ1v) is 7.73. The second-order valence-electron chi connectivity index (χ2n) is 5.21. The fraction of sp³-hybridized carbons (Fsp3) is 0.0625. The van der Waals surface area contributed by atoms with Crippen LogP contribution in [0.3, 0.4) is 0 Å². The Morgan fingerprint density at radius 1 is 1.07 bits per heavy atom. The Bertz CT molecular complexity index is 937. The molecule has 3 aromatic heterocycles. The Labute approximate surface area is 153 Å². The number of hydrogen-bond acceptors (Lipinski definition) is 9. The molecule has 11 heteroatoms. The maximum absolute atomic E-state index is 12.1. The van der Waals surface area contributed by atoms with Crippen LogP contribution in [0.1, 0.15) is 15.9 Å². The molecule has 0 aliphatic heterocycles. The maximum Gasteiger partial charge on any atom is 0.354 e. The summed E-state index contributed by atoms with van der Waals surface area (Å²) in [6.07, 6.45) is 7.34. The number of amides is 1. The molecule has 11 nitrogen and oxygen atoms in total. The van der Waals surface area contributed by atoms with Crippen LogP contribution >= 0.6 is 0 Å². The number of rotatable bonds is 7. The van der Waals surface area contributed by atoms with E-state index in [1.807, 2.05) is 6.07 Å². The fourth-order valence-electron chi connectivity index (χ4n) is 2.15. The molecular weight excluding hydrogens is 352 g/mol. The zero-order valence-corrected chi connectivity index (χ0v) is 13.9. The molecule has 3 rings (SSSR count). The van der Waals surface area contributed by atoms with Gasteiger partial charge < -0.3 is 5.32 Å². The van der Waals surface area contributed by atoms with Crippen LogP contribution in [0.4, 0.5) is 17.3 Å². The van der Waals surface area contributed by atoms with Crippen LogP contribution in [0.25, 0.3) is 0 Å². The van der Waals surface area contributed by atoms with Gasteiger partial charge in [-0.25, -0.2) is 9.97 Å². The Hall–Kier alpha value is -4.15. The lowest BCUT2D eigenvalue weighted by atomic mass is 10.2. The minimum Gasteiger partial charge on any atom is -0.360 e. The number of aromatic nitrogens is 4. The largest absolute Gasteiger partial charge is 0.360 e. The van der Waals surface area contributed by atoms with Gasteiger partial charge in [0.15, 0.2) is 0 Å². The molecule has 0 fully saturated rings. The van der Waals surface area contributed by atoms with Crippen LogP contribution in [-0.4, -0.2) is 30.8 Å². The van der Waals surface area contributed by atoms with Crippen molar-refractivity contribution in [2.75, 3.05) is 10.7 Å². The van der Waals surface area contributed by atoms with Gasteiger partial charge in [-0.1, -0.05) is 6.07 Å². The quantitative estimate of drug-likeness (QED) is 0.418. The van der Waals surface area contributed by atoms with Gasteiger partial charge in [0.2, 0.25) is 11.6 Å². The van der Waals surface area contributed by atoms with Gasteiger partial charge >= 0.3 is 5.69 Å². The highest BCUT2D eigenvalue weighted by atomic mass is 16.6. The number of nitro groups is 1. The van der Waals surface area contributed by atoms with E-state index >= 15 is 0 Å². The van der Waals surface area contributed by atoms with E-state index in [2.05, 4.69) is 36.1 Å². The van der Waals surface area contributed by atoms with Crippen molar-refractivity contribution in [3.8, 4) is 0 Å². The molecule has 136 valence electrons. The van der Waals surface area contributed by atoms with E-state index in [1.54, 1.807) is 18.5 Å². The Morgan fingerprint density at radius 2 is 1.85 bits per heavy atom. The van der Waals surface area contributed by atoms with Crippen LogP contribution in [0.5, 0.6) is 0 Å². The summed E-state index contributed by atoms with van der Waals surface area (Å²) in [4.78, 5) is 38.5. The van der Waals surface area contributed by atoms with Crippen molar-refractivity contribution in [1.82, 2.24) is 25.4 Å². The molecule has 0 spiro atoms. The molecule has 0 aliphatic carbocycles.